The molecule has 1 unspecified atom stereocenters. The summed E-state index contributed by atoms with van der Waals surface area (Å²) < 4.78 is 1.16. The Balaban J connectivity index is 1.73. The second-order valence-corrected chi connectivity index (χ2v) is 7.73. The van der Waals surface area contributed by atoms with Crippen molar-refractivity contribution in [2.45, 2.75) is 63.9 Å². The Morgan fingerprint density at radius 1 is 1.20 bits per heavy atom. The molecule has 1 N–H and O–H groups in total. The third-order valence-corrected chi connectivity index (χ3v) is 6.17. The minimum absolute atomic E-state index is 0.445. The summed E-state index contributed by atoms with van der Waals surface area (Å²) in [4.78, 5) is 0. The van der Waals surface area contributed by atoms with Crippen molar-refractivity contribution >= 4 is 15.9 Å². The molecule has 1 aromatic rings. The van der Waals surface area contributed by atoms with E-state index in [0.29, 0.717) is 5.92 Å². The summed E-state index contributed by atoms with van der Waals surface area (Å²) in [6.07, 6.45) is 9.21. The summed E-state index contributed by atoms with van der Waals surface area (Å²) >= 11 is 3.55. The lowest BCUT2D eigenvalue weighted by atomic mass is 9.66. The molecule has 1 fully saturated rings. The van der Waals surface area contributed by atoms with Gasteiger partial charge in [0.05, 0.1) is 5.60 Å². The Labute approximate surface area is 130 Å². The van der Waals surface area contributed by atoms with Crippen molar-refractivity contribution in [2.24, 2.45) is 11.8 Å². The fourth-order valence-corrected chi connectivity index (χ4v) is 4.63. The van der Waals surface area contributed by atoms with Crippen LogP contribution in [0.25, 0.3) is 0 Å². The van der Waals surface area contributed by atoms with E-state index in [1.54, 1.807) is 0 Å². The molecule has 0 aromatic heterocycles. The molecule has 3 rings (SSSR count). The molecular weight excluding hydrogens is 312 g/mol. The zero-order chi connectivity index (χ0) is 14.2. The summed E-state index contributed by atoms with van der Waals surface area (Å²) in [5.74, 6) is 1.42. The van der Waals surface area contributed by atoms with Crippen LogP contribution in [0, 0.1) is 11.8 Å². The quantitative estimate of drug-likeness (QED) is 0.815. The number of aryl methyl sites for hydroxylation is 1. The average molecular weight is 337 g/mol. The van der Waals surface area contributed by atoms with Crippen LogP contribution >= 0.6 is 15.9 Å². The van der Waals surface area contributed by atoms with Crippen molar-refractivity contribution in [3.05, 3.63) is 33.8 Å². The van der Waals surface area contributed by atoms with Crippen molar-refractivity contribution in [3.8, 4) is 0 Å². The highest BCUT2D eigenvalue weighted by Gasteiger charge is 2.40. The molecular formula is C18H25BrO. The Bertz CT molecular complexity index is 476. The van der Waals surface area contributed by atoms with Gasteiger partial charge < -0.3 is 5.11 Å². The van der Waals surface area contributed by atoms with Gasteiger partial charge in [0.1, 0.15) is 0 Å². The summed E-state index contributed by atoms with van der Waals surface area (Å²) in [7, 11) is 0. The normalized spacial score (nSPS) is 33.8. The second kappa shape index (κ2) is 5.81. The predicted octanol–water partition coefficient (Wildman–Crippen LogP) is 4.89. The molecule has 1 aromatic carbocycles. The third-order valence-electron chi connectivity index (χ3n) is 5.68. The van der Waals surface area contributed by atoms with Crippen molar-refractivity contribution in [3.63, 3.8) is 0 Å². The first kappa shape index (κ1) is 14.6. The minimum atomic E-state index is -0.445. The Morgan fingerprint density at radius 3 is 2.65 bits per heavy atom. The van der Waals surface area contributed by atoms with Crippen molar-refractivity contribution in [1.29, 1.82) is 0 Å². The van der Waals surface area contributed by atoms with Gasteiger partial charge in [-0.15, -0.1) is 0 Å². The van der Waals surface area contributed by atoms with Crippen LogP contribution in [0.2, 0.25) is 0 Å². The van der Waals surface area contributed by atoms with Gasteiger partial charge in [-0.05, 0) is 60.8 Å². The number of hydrogen-bond acceptors (Lipinski definition) is 1. The maximum Gasteiger partial charge on any atom is 0.0719 e. The molecule has 0 heterocycles. The Morgan fingerprint density at radius 2 is 1.95 bits per heavy atom. The molecule has 0 spiro atoms. The largest absolute Gasteiger partial charge is 0.389 e. The standard InChI is InChI=1S/C18H25BrO/c1-2-13-3-6-16(7-4-13)18(20)10-9-14-11-17(19)8-5-15(14)12-18/h5,8,11,13,16,20H,2-4,6-7,9-10,12H2,1H3. The number of halogens is 1. The number of fused-ring (bicyclic) bond motifs is 1. The zero-order valence-electron chi connectivity index (χ0n) is 12.4. The molecule has 110 valence electrons. The van der Waals surface area contributed by atoms with Crippen molar-refractivity contribution < 1.29 is 5.11 Å². The van der Waals surface area contributed by atoms with Crippen LogP contribution in [0.5, 0.6) is 0 Å². The molecule has 2 heteroatoms. The fraction of sp³-hybridized carbons (Fsp3) is 0.667. The van der Waals surface area contributed by atoms with E-state index in [4.69, 9.17) is 0 Å². The fourth-order valence-electron chi connectivity index (χ4n) is 4.23. The predicted molar refractivity (Wildman–Crippen MR) is 86.9 cm³/mol. The van der Waals surface area contributed by atoms with Gasteiger partial charge in [-0.2, -0.15) is 0 Å². The van der Waals surface area contributed by atoms with Crippen LogP contribution in [0.15, 0.2) is 22.7 Å². The number of hydrogen-bond donors (Lipinski definition) is 1. The molecule has 0 radical (unpaired) electrons. The van der Waals surface area contributed by atoms with E-state index in [1.165, 1.54) is 43.2 Å². The van der Waals surface area contributed by atoms with E-state index in [0.717, 1.165) is 29.7 Å². The second-order valence-electron chi connectivity index (χ2n) is 6.82. The highest BCUT2D eigenvalue weighted by molar-refractivity contribution is 9.10. The van der Waals surface area contributed by atoms with Gasteiger partial charge in [-0.1, -0.05) is 48.2 Å². The molecule has 0 amide bonds. The van der Waals surface area contributed by atoms with Crippen LogP contribution in [0.1, 0.15) is 56.6 Å². The van der Waals surface area contributed by atoms with Crippen molar-refractivity contribution in [1.82, 2.24) is 0 Å². The zero-order valence-corrected chi connectivity index (χ0v) is 14.0. The maximum absolute atomic E-state index is 11.2. The molecule has 1 nitrogen and oxygen atoms in total. The molecule has 1 saturated carbocycles. The summed E-state index contributed by atoms with van der Waals surface area (Å²) in [5.41, 5.74) is 2.34. The molecule has 20 heavy (non-hydrogen) atoms. The number of rotatable bonds is 2. The number of aliphatic hydroxyl groups is 1. The van der Waals surface area contributed by atoms with Gasteiger partial charge in [0.2, 0.25) is 0 Å². The van der Waals surface area contributed by atoms with E-state index in [9.17, 15) is 5.11 Å². The first-order valence-corrected chi connectivity index (χ1v) is 8.89. The van der Waals surface area contributed by atoms with E-state index in [1.807, 2.05) is 0 Å². The van der Waals surface area contributed by atoms with E-state index in [2.05, 4.69) is 41.1 Å². The van der Waals surface area contributed by atoms with Gasteiger partial charge in [-0.3, -0.25) is 0 Å². The first-order chi connectivity index (χ1) is 9.60. The van der Waals surface area contributed by atoms with Crippen LogP contribution in [-0.4, -0.2) is 10.7 Å². The SMILES string of the molecule is CCC1CCC(C2(O)CCc3cc(Br)ccc3C2)CC1. The van der Waals surface area contributed by atoms with Crippen molar-refractivity contribution in [2.75, 3.05) is 0 Å². The van der Waals surface area contributed by atoms with E-state index in [-0.39, 0.29) is 0 Å². The smallest absolute Gasteiger partial charge is 0.0719 e. The van der Waals surface area contributed by atoms with Crippen LogP contribution in [0.3, 0.4) is 0 Å². The lowest BCUT2D eigenvalue weighted by molar-refractivity contribution is -0.0489. The Kier molecular flexibility index (Phi) is 4.24. The molecule has 0 aliphatic heterocycles. The monoisotopic (exact) mass is 336 g/mol. The highest BCUT2D eigenvalue weighted by Crippen LogP contribution is 2.43. The van der Waals surface area contributed by atoms with Gasteiger partial charge in [0.15, 0.2) is 0 Å². The van der Waals surface area contributed by atoms with Crippen LogP contribution < -0.4 is 0 Å². The summed E-state index contributed by atoms with van der Waals surface area (Å²) in [5, 5.41) is 11.2. The van der Waals surface area contributed by atoms with Gasteiger partial charge in [0, 0.05) is 10.9 Å². The average Bonchev–Trinajstić information content (AvgIpc) is 2.48. The van der Waals surface area contributed by atoms with E-state index >= 15 is 0 Å². The van der Waals surface area contributed by atoms with Crippen LogP contribution in [0.4, 0.5) is 0 Å². The summed E-state index contributed by atoms with van der Waals surface area (Å²) in [6.45, 7) is 2.30. The molecule has 0 bridgehead atoms. The van der Waals surface area contributed by atoms with Gasteiger partial charge >= 0.3 is 0 Å². The first-order valence-electron chi connectivity index (χ1n) is 8.10. The Hall–Kier alpha value is -0.340. The lowest BCUT2D eigenvalue weighted by Gasteiger charge is -2.43. The maximum atomic E-state index is 11.2. The van der Waals surface area contributed by atoms with Crippen LogP contribution in [-0.2, 0) is 12.8 Å². The third kappa shape index (κ3) is 2.82. The van der Waals surface area contributed by atoms with Gasteiger partial charge in [0.25, 0.3) is 0 Å². The highest BCUT2D eigenvalue weighted by atomic mass is 79.9. The summed E-state index contributed by atoms with van der Waals surface area (Å²) in [6, 6.07) is 6.53. The molecule has 2 aliphatic rings. The molecule has 0 saturated heterocycles. The molecule has 2 aliphatic carbocycles. The minimum Gasteiger partial charge on any atom is -0.389 e. The van der Waals surface area contributed by atoms with E-state index < -0.39 is 5.60 Å². The topological polar surface area (TPSA) is 20.2 Å². The number of benzene rings is 1. The lowest BCUT2D eigenvalue weighted by Crippen LogP contribution is -2.44. The molecule has 1 atom stereocenters. The van der Waals surface area contributed by atoms with Gasteiger partial charge in [-0.25, -0.2) is 0 Å².